The SMILES string of the molecule is C=C(C)C(=O)OCCCCCCOc1ccc(O)cc1. The monoisotopic (exact) mass is 278 g/mol. The van der Waals surface area contributed by atoms with Crippen LogP contribution in [0.5, 0.6) is 11.5 Å². The van der Waals surface area contributed by atoms with Crippen molar-refractivity contribution in [2.45, 2.75) is 32.6 Å². The van der Waals surface area contributed by atoms with Crippen LogP contribution in [0.2, 0.25) is 0 Å². The Morgan fingerprint density at radius 3 is 2.30 bits per heavy atom. The van der Waals surface area contributed by atoms with Crippen LogP contribution >= 0.6 is 0 Å². The van der Waals surface area contributed by atoms with Gasteiger partial charge in [0.15, 0.2) is 0 Å². The number of carbonyl (C=O) groups excluding carboxylic acids is 1. The van der Waals surface area contributed by atoms with Crippen LogP contribution in [0.3, 0.4) is 0 Å². The fraction of sp³-hybridized carbons (Fsp3) is 0.438. The van der Waals surface area contributed by atoms with Crippen LogP contribution in [0.15, 0.2) is 36.4 Å². The van der Waals surface area contributed by atoms with Crippen molar-refractivity contribution in [2.75, 3.05) is 13.2 Å². The highest BCUT2D eigenvalue weighted by molar-refractivity contribution is 5.86. The van der Waals surface area contributed by atoms with Crippen molar-refractivity contribution in [1.82, 2.24) is 0 Å². The molecule has 4 heteroatoms. The van der Waals surface area contributed by atoms with E-state index >= 15 is 0 Å². The lowest BCUT2D eigenvalue weighted by Crippen LogP contribution is -2.06. The average molecular weight is 278 g/mol. The van der Waals surface area contributed by atoms with Crippen LogP contribution in [-0.2, 0) is 9.53 Å². The topological polar surface area (TPSA) is 55.8 Å². The number of ether oxygens (including phenoxy) is 2. The summed E-state index contributed by atoms with van der Waals surface area (Å²) < 4.78 is 10.5. The first kappa shape index (κ1) is 16.1. The van der Waals surface area contributed by atoms with Gasteiger partial charge in [-0.25, -0.2) is 4.79 Å². The molecule has 0 unspecified atom stereocenters. The number of esters is 1. The lowest BCUT2D eigenvalue weighted by atomic mass is 10.2. The van der Waals surface area contributed by atoms with Crippen molar-refractivity contribution >= 4 is 5.97 Å². The molecule has 0 amide bonds. The third-order valence-electron chi connectivity index (χ3n) is 2.73. The number of hydrogen-bond acceptors (Lipinski definition) is 4. The fourth-order valence-electron chi connectivity index (χ4n) is 1.58. The van der Waals surface area contributed by atoms with E-state index in [2.05, 4.69) is 6.58 Å². The first-order valence-electron chi connectivity index (χ1n) is 6.84. The molecule has 0 saturated carbocycles. The second-order valence-electron chi connectivity index (χ2n) is 4.67. The largest absolute Gasteiger partial charge is 0.508 e. The van der Waals surface area contributed by atoms with Crippen molar-refractivity contribution in [1.29, 1.82) is 0 Å². The van der Waals surface area contributed by atoms with Gasteiger partial charge < -0.3 is 14.6 Å². The molecule has 0 aliphatic rings. The van der Waals surface area contributed by atoms with Gasteiger partial charge in [-0.05, 0) is 56.9 Å². The van der Waals surface area contributed by atoms with Gasteiger partial charge in [-0.15, -0.1) is 0 Å². The number of aromatic hydroxyl groups is 1. The van der Waals surface area contributed by atoms with E-state index in [1.807, 2.05) is 0 Å². The van der Waals surface area contributed by atoms with E-state index in [-0.39, 0.29) is 11.7 Å². The minimum atomic E-state index is -0.319. The Morgan fingerprint density at radius 2 is 1.70 bits per heavy atom. The van der Waals surface area contributed by atoms with Gasteiger partial charge in [0, 0.05) is 5.57 Å². The van der Waals surface area contributed by atoms with E-state index in [4.69, 9.17) is 14.6 Å². The van der Waals surface area contributed by atoms with E-state index in [9.17, 15) is 4.79 Å². The smallest absolute Gasteiger partial charge is 0.333 e. The van der Waals surface area contributed by atoms with E-state index in [1.165, 1.54) is 0 Å². The summed E-state index contributed by atoms with van der Waals surface area (Å²) in [5.74, 6) is 0.681. The minimum absolute atomic E-state index is 0.238. The Morgan fingerprint density at radius 1 is 1.10 bits per heavy atom. The lowest BCUT2D eigenvalue weighted by Gasteiger charge is -2.06. The zero-order valence-electron chi connectivity index (χ0n) is 11.9. The number of benzene rings is 1. The Bertz CT molecular complexity index is 423. The molecule has 1 aromatic carbocycles. The highest BCUT2D eigenvalue weighted by Gasteiger charge is 2.01. The van der Waals surface area contributed by atoms with Crippen LogP contribution in [0, 0.1) is 0 Å². The zero-order valence-corrected chi connectivity index (χ0v) is 11.9. The Balaban J connectivity index is 1.96. The lowest BCUT2D eigenvalue weighted by molar-refractivity contribution is -0.139. The molecular weight excluding hydrogens is 256 g/mol. The summed E-state index contributed by atoms with van der Waals surface area (Å²) in [6.45, 7) is 6.26. The molecule has 1 rings (SSSR count). The van der Waals surface area contributed by atoms with Crippen LogP contribution in [-0.4, -0.2) is 24.3 Å². The van der Waals surface area contributed by atoms with Gasteiger partial charge in [0.2, 0.25) is 0 Å². The van der Waals surface area contributed by atoms with Gasteiger partial charge in [0.1, 0.15) is 11.5 Å². The predicted molar refractivity (Wildman–Crippen MR) is 77.8 cm³/mol. The predicted octanol–water partition coefficient (Wildman–Crippen LogP) is 3.45. The minimum Gasteiger partial charge on any atom is -0.508 e. The molecule has 110 valence electrons. The van der Waals surface area contributed by atoms with Gasteiger partial charge in [-0.3, -0.25) is 0 Å². The number of phenolic OH excluding ortho intramolecular Hbond substituents is 1. The number of unbranched alkanes of at least 4 members (excludes halogenated alkanes) is 3. The molecular formula is C16H22O4. The van der Waals surface area contributed by atoms with Gasteiger partial charge in [0.05, 0.1) is 13.2 Å². The summed E-state index contributed by atoms with van der Waals surface area (Å²) in [6, 6.07) is 6.69. The summed E-state index contributed by atoms with van der Waals surface area (Å²) in [4.78, 5) is 11.1. The number of rotatable bonds is 9. The summed E-state index contributed by atoms with van der Waals surface area (Å²) >= 11 is 0. The molecule has 0 fully saturated rings. The van der Waals surface area contributed by atoms with Crippen molar-refractivity contribution < 1.29 is 19.4 Å². The van der Waals surface area contributed by atoms with E-state index in [0.717, 1.165) is 31.4 Å². The zero-order chi connectivity index (χ0) is 14.8. The standard InChI is InChI=1S/C16H22O4/c1-13(2)16(18)20-12-6-4-3-5-11-19-15-9-7-14(17)8-10-15/h7-10,17H,1,3-6,11-12H2,2H3. The van der Waals surface area contributed by atoms with E-state index in [0.29, 0.717) is 18.8 Å². The molecule has 0 heterocycles. The Hall–Kier alpha value is -1.97. The van der Waals surface area contributed by atoms with Gasteiger partial charge >= 0.3 is 5.97 Å². The molecule has 0 aliphatic carbocycles. The normalized spacial score (nSPS) is 10.1. The second-order valence-corrected chi connectivity index (χ2v) is 4.67. The van der Waals surface area contributed by atoms with Crippen molar-refractivity contribution in [2.24, 2.45) is 0 Å². The number of carbonyl (C=O) groups is 1. The van der Waals surface area contributed by atoms with Crippen LogP contribution in [0.1, 0.15) is 32.6 Å². The third-order valence-corrected chi connectivity index (χ3v) is 2.73. The molecule has 4 nitrogen and oxygen atoms in total. The van der Waals surface area contributed by atoms with Crippen molar-refractivity contribution in [3.63, 3.8) is 0 Å². The van der Waals surface area contributed by atoms with Gasteiger partial charge in [-0.2, -0.15) is 0 Å². The molecule has 0 bridgehead atoms. The second kappa shape index (κ2) is 9.02. The van der Waals surface area contributed by atoms with Crippen LogP contribution in [0.4, 0.5) is 0 Å². The van der Waals surface area contributed by atoms with Crippen molar-refractivity contribution in [3.05, 3.63) is 36.4 Å². The average Bonchev–Trinajstić information content (AvgIpc) is 2.43. The summed E-state index contributed by atoms with van der Waals surface area (Å²) in [7, 11) is 0. The summed E-state index contributed by atoms with van der Waals surface area (Å²) in [5.41, 5.74) is 0.437. The molecule has 0 atom stereocenters. The van der Waals surface area contributed by atoms with E-state index < -0.39 is 0 Å². The maximum atomic E-state index is 11.1. The van der Waals surface area contributed by atoms with Crippen molar-refractivity contribution in [3.8, 4) is 11.5 Å². The summed E-state index contributed by atoms with van der Waals surface area (Å²) in [5, 5.41) is 9.13. The first-order chi connectivity index (χ1) is 9.59. The van der Waals surface area contributed by atoms with Crippen LogP contribution in [0.25, 0.3) is 0 Å². The van der Waals surface area contributed by atoms with Gasteiger partial charge in [-0.1, -0.05) is 6.58 Å². The summed E-state index contributed by atoms with van der Waals surface area (Å²) in [6.07, 6.45) is 3.85. The number of phenols is 1. The number of hydrogen-bond donors (Lipinski definition) is 1. The van der Waals surface area contributed by atoms with Gasteiger partial charge in [0.25, 0.3) is 0 Å². The molecule has 0 aliphatic heterocycles. The molecule has 20 heavy (non-hydrogen) atoms. The molecule has 0 spiro atoms. The molecule has 0 saturated heterocycles. The molecule has 1 aromatic rings. The maximum Gasteiger partial charge on any atom is 0.333 e. The fourth-order valence-corrected chi connectivity index (χ4v) is 1.58. The first-order valence-corrected chi connectivity index (χ1v) is 6.84. The molecule has 0 aromatic heterocycles. The van der Waals surface area contributed by atoms with Crippen LogP contribution < -0.4 is 4.74 Å². The highest BCUT2D eigenvalue weighted by Crippen LogP contribution is 2.16. The highest BCUT2D eigenvalue weighted by atomic mass is 16.5. The quantitative estimate of drug-likeness (QED) is 0.427. The molecule has 0 radical (unpaired) electrons. The Labute approximate surface area is 120 Å². The Kier molecular flexibility index (Phi) is 7.25. The third kappa shape index (κ3) is 6.83. The maximum absolute atomic E-state index is 11.1. The van der Waals surface area contributed by atoms with E-state index in [1.54, 1.807) is 31.2 Å². The molecule has 1 N–H and O–H groups in total.